The molecule has 0 unspecified atom stereocenters. The average Bonchev–Trinajstić information content (AvgIpc) is 2.55. The fourth-order valence-corrected chi connectivity index (χ4v) is 3.05. The summed E-state index contributed by atoms with van der Waals surface area (Å²) in [6.45, 7) is 8.09. The van der Waals surface area contributed by atoms with Crippen molar-refractivity contribution in [2.45, 2.75) is 26.9 Å². The van der Waals surface area contributed by atoms with Crippen LogP contribution >= 0.6 is 0 Å². The standard InChI is InChI=1S/C21H28N2O2/c1-21(2,16-23(3)14-18-7-5-4-6-8-18)15-22-13-17-9-11-19(12-10-17)20(24)25/h4-12,22H,13-16H2,1-3H3,(H,24,25). The van der Waals surface area contributed by atoms with Gasteiger partial charge in [-0.2, -0.15) is 0 Å². The third kappa shape index (κ3) is 6.69. The van der Waals surface area contributed by atoms with E-state index in [1.807, 2.05) is 18.2 Å². The lowest BCUT2D eigenvalue weighted by molar-refractivity contribution is 0.0697. The highest BCUT2D eigenvalue weighted by Gasteiger charge is 2.19. The largest absolute Gasteiger partial charge is 0.478 e. The predicted octanol–water partition coefficient (Wildman–Crippen LogP) is 3.63. The second kappa shape index (κ2) is 8.79. The Hall–Kier alpha value is -2.17. The van der Waals surface area contributed by atoms with Crippen LogP contribution in [0.2, 0.25) is 0 Å². The smallest absolute Gasteiger partial charge is 0.335 e. The Kier molecular flexibility index (Phi) is 6.73. The molecule has 2 aromatic rings. The number of carboxylic acid groups (broad SMARTS) is 1. The Morgan fingerprint density at radius 2 is 1.68 bits per heavy atom. The number of aromatic carboxylic acids is 1. The molecular weight excluding hydrogens is 312 g/mol. The van der Waals surface area contributed by atoms with E-state index in [-0.39, 0.29) is 5.41 Å². The molecule has 2 rings (SSSR count). The summed E-state index contributed by atoms with van der Waals surface area (Å²) in [5.41, 5.74) is 2.89. The molecule has 2 aromatic carbocycles. The van der Waals surface area contributed by atoms with E-state index in [0.717, 1.165) is 31.7 Å². The molecule has 25 heavy (non-hydrogen) atoms. The van der Waals surface area contributed by atoms with E-state index in [4.69, 9.17) is 5.11 Å². The van der Waals surface area contributed by atoms with Crippen molar-refractivity contribution in [1.82, 2.24) is 10.2 Å². The molecule has 0 aliphatic heterocycles. The van der Waals surface area contributed by atoms with Crippen LogP contribution in [-0.2, 0) is 13.1 Å². The van der Waals surface area contributed by atoms with Gasteiger partial charge in [0.05, 0.1) is 5.56 Å². The lowest BCUT2D eigenvalue weighted by Gasteiger charge is -2.30. The van der Waals surface area contributed by atoms with Crippen molar-refractivity contribution in [3.05, 3.63) is 71.3 Å². The SMILES string of the molecule is CN(Cc1ccccc1)CC(C)(C)CNCc1ccc(C(=O)O)cc1. The number of nitrogens with one attached hydrogen (secondary N) is 1. The number of rotatable bonds is 9. The fourth-order valence-electron chi connectivity index (χ4n) is 3.05. The van der Waals surface area contributed by atoms with E-state index in [1.165, 1.54) is 5.56 Å². The van der Waals surface area contributed by atoms with Crippen molar-refractivity contribution in [2.75, 3.05) is 20.1 Å². The monoisotopic (exact) mass is 340 g/mol. The van der Waals surface area contributed by atoms with Gasteiger partial charge in [-0.1, -0.05) is 56.3 Å². The zero-order valence-electron chi connectivity index (χ0n) is 15.3. The van der Waals surface area contributed by atoms with Gasteiger partial charge in [-0.25, -0.2) is 4.79 Å². The van der Waals surface area contributed by atoms with Crippen molar-refractivity contribution >= 4 is 5.97 Å². The molecule has 4 heteroatoms. The molecule has 134 valence electrons. The molecule has 0 radical (unpaired) electrons. The van der Waals surface area contributed by atoms with Gasteiger partial charge in [-0.05, 0) is 35.7 Å². The maximum atomic E-state index is 10.9. The van der Waals surface area contributed by atoms with Gasteiger partial charge in [-0.15, -0.1) is 0 Å². The van der Waals surface area contributed by atoms with Crippen LogP contribution < -0.4 is 5.32 Å². The first-order valence-electron chi connectivity index (χ1n) is 8.61. The van der Waals surface area contributed by atoms with E-state index in [0.29, 0.717) is 5.56 Å². The molecule has 0 spiro atoms. The third-order valence-corrected chi connectivity index (χ3v) is 4.13. The Morgan fingerprint density at radius 3 is 2.28 bits per heavy atom. The van der Waals surface area contributed by atoms with Crippen LogP contribution in [0.3, 0.4) is 0 Å². The Labute approximate surface area is 150 Å². The second-order valence-corrected chi connectivity index (χ2v) is 7.43. The fraction of sp³-hybridized carbons (Fsp3) is 0.381. The molecule has 0 amide bonds. The number of nitrogens with zero attached hydrogens (tertiary/aromatic N) is 1. The molecule has 0 saturated carbocycles. The third-order valence-electron chi connectivity index (χ3n) is 4.13. The summed E-state index contributed by atoms with van der Waals surface area (Å²) < 4.78 is 0. The van der Waals surface area contributed by atoms with Crippen molar-refractivity contribution in [3.8, 4) is 0 Å². The number of carboxylic acids is 1. The van der Waals surface area contributed by atoms with Gasteiger partial charge in [-0.3, -0.25) is 0 Å². The molecule has 2 N–H and O–H groups in total. The summed E-state index contributed by atoms with van der Waals surface area (Å²) in [7, 11) is 2.15. The summed E-state index contributed by atoms with van der Waals surface area (Å²) >= 11 is 0. The Balaban J connectivity index is 1.77. The van der Waals surface area contributed by atoms with Crippen molar-refractivity contribution < 1.29 is 9.90 Å². The maximum Gasteiger partial charge on any atom is 0.335 e. The van der Waals surface area contributed by atoms with Gasteiger partial charge < -0.3 is 15.3 Å². The van der Waals surface area contributed by atoms with Crippen LogP contribution in [0.1, 0.15) is 35.3 Å². The normalized spacial score (nSPS) is 11.7. The van der Waals surface area contributed by atoms with Crippen molar-refractivity contribution in [3.63, 3.8) is 0 Å². The molecule has 0 fully saturated rings. The van der Waals surface area contributed by atoms with Crippen LogP contribution in [-0.4, -0.2) is 36.1 Å². The lowest BCUT2D eigenvalue weighted by Crippen LogP contribution is -2.38. The van der Waals surface area contributed by atoms with Gasteiger partial charge in [0.15, 0.2) is 0 Å². The van der Waals surface area contributed by atoms with Crippen LogP contribution in [0.4, 0.5) is 0 Å². The first kappa shape index (κ1) is 19.2. The summed E-state index contributed by atoms with van der Waals surface area (Å²) in [5.74, 6) is -0.887. The van der Waals surface area contributed by atoms with E-state index in [9.17, 15) is 4.79 Å². The van der Waals surface area contributed by atoms with Crippen molar-refractivity contribution in [2.24, 2.45) is 5.41 Å². The van der Waals surface area contributed by atoms with Crippen LogP contribution in [0.5, 0.6) is 0 Å². The first-order chi connectivity index (χ1) is 11.9. The molecule has 0 saturated heterocycles. The molecule has 0 atom stereocenters. The minimum atomic E-state index is -0.887. The first-order valence-corrected chi connectivity index (χ1v) is 8.61. The molecular formula is C21H28N2O2. The molecule has 0 bridgehead atoms. The molecule has 0 aromatic heterocycles. The molecule has 0 aliphatic carbocycles. The van der Waals surface area contributed by atoms with Crippen LogP contribution in [0, 0.1) is 5.41 Å². The Morgan fingerprint density at radius 1 is 1.04 bits per heavy atom. The molecule has 4 nitrogen and oxygen atoms in total. The molecule has 0 aliphatic rings. The van der Waals surface area contributed by atoms with E-state index < -0.39 is 5.97 Å². The van der Waals surface area contributed by atoms with Crippen LogP contribution in [0.25, 0.3) is 0 Å². The van der Waals surface area contributed by atoms with Gasteiger partial charge in [0.2, 0.25) is 0 Å². The summed E-state index contributed by atoms with van der Waals surface area (Å²) in [6.07, 6.45) is 0. The highest BCUT2D eigenvalue weighted by Crippen LogP contribution is 2.17. The van der Waals surface area contributed by atoms with E-state index >= 15 is 0 Å². The van der Waals surface area contributed by atoms with Gasteiger partial charge in [0, 0.05) is 26.2 Å². The zero-order valence-corrected chi connectivity index (χ0v) is 15.3. The number of hydrogen-bond acceptors (Lipinski definition) is 3. The van der Waals surface area contributed by atoms with Gasteiger partial charge in [0.25, 0.3) is 0 Å². The summed E-state index contributed by atoms with van der Waals surface area (Å²) in [6, 6.07) is 17.5. The highest BCUT2D eigenvalue weighted by atomic mass is 16.4. The van der Waals surface area contributed by atoms with E-state index in [2.05, 4.69) is 55.4 Å². The van der Waals surface area contributed by atoms with Gasteiger partial charge in [0.1, 0.15) is 0 Å². The van der Waals surface area contributed by atoms with Crippen LogP contribution in [0.15, 0.2) is 54.6 Å². The van der Waals surface area contributed by atoms with E-state index in [1.54, 1.807) is 12.1 Å². The topological polar surface area (TPSA) is 52.6 Å². The minimum Gasteiger partial charge on any atom is -0.478 e. The number of carbonyl (C=O) groups is 1. The average molecular weight is 340 g/mol. The number of hydrogen-bond donors (Lipinski definition) is 2. The maximum absolute atomic E-state index is 10.9. The highest BCUT2D eigenvalue weighted by molar-refractivity contribution is 5.87. The number of benzene rings is 2. The zero-order chi connectivity index (χ0) is 18.3. The summed E-state index contributed by atoms with van der Waals surface area (Å²) in [4.78, 5) is 13.2. The summed E-state index contributed by atoms with van der Waals surface area (Å²) in [5, 5.41) is 12.4. The quantitative estimate of drug-likeness (QED) is 0.732. The molecule has 0 heterocycles. The predicted molar refractivity (Wildman–Crippen MR) is 102 cm³/mol. The lowest BCUT2D eigenvalue weighted by atomic mass is 9.92. The minimum absolute atomic E-state index is 0.143. The van der Waals surface area contributed by atoms with Crippen molar-refractivity contribution in [1.29, 1.82) is 0 Å². The second-order valence-electron chi connectivity index (χ2n) is 7.43. The Bertz CT molecular complexity index is 666. The van der Waals surface area contributed by atoms with Gasteiger partial charge >= 0.3 is 5.97 Å².